The molecule has 0 radical (unpaired) electrons. The van der Waals surface area contributed by atoms with Gasteiger partial charge in [0.2, 0.25) is 0 Å². The van der Waals surface area contributed by atoms with Crippen molar-refractivity contribution in [3.05, 3.63) is 35.2 Å². The zero-order chi connectivity index (χ0) is 13.5. The van der Waals surface area contributed by atoms with Crippen LogP contribution in [0.25, 0.3) is 11.5 Å². The molecule has 3 rings (SSSR count). The third-order valence-corrected chi connectivity index (χ3v) is 3.44. The Morgan fingerprint density at radius 3 is 2.79 bits per heavy atom. The minimum absolute atomic E-state index is 0.0858. The Labute approximate surface area is 113 Å². The number of fused-ring (bicyclic) bond motifs is 1. The molecule has 0 amide bonds. The van der Waals surface area contributed by atoms with Gasteiger partial charge in [0, 0.05) is 17.5 Å². The Balaban J connectivity index is 1.96. The van der Waals surface area contributed by atoms with Crippen molar-refractivity contribution in [2.45, 2.75) is 39.2 Å². The second-order valence-corrected chi connectivity index (χ2v) is 6.08. The summed E-state index contributed by atoms with van der Waals surface area (Å²) in [5.74, 6) is 1.36. The predicted molar refractivity (Wildman–Crippen MR) is 73.8 cm³/mol. The number of nitrogens with zero attached hydrogens (tertiary/aromatic N) is 2. The molecular formula is C15H19N3O. The van der Waals surface area contributed by atoms with Gasteiger partial charge in [0.25, 0.3) is 5.89 Å². The summed E-state index contributed by atoms with van der Waals surface area (Å²) in [6, 6.07) is 6.40. The van der Waals surface area contributed by atoms with E-state index >= 15 is 0 Å². The van der Waals surface area contributed by atoms with Gasteiger partial charge in [-0.25, -0.2) is 0 Å². The summed E-state index contributed by atoms with van der Waals surface area (Å²) in [6.07, 6.45) is 1.09. The summed E-state index contributed by atoms with van der Waals surface area (Å²) in [7, 11) is 0. The van der Waals surface area contributed by atoms with E-state index in [0.29, 0.717) is 5.89 Å². The minimum Gasteiger partial charge on any atom is -0.334 e. The number of rotatable bonds is 1. The molecule has 0 bridgehead atoms. The van der Waals surface area contributed by atoms with Gasteiger partial charge in [-0.3, -0.25) is 0 Å². The van der Waals surface area contributed by atoms with Crippen LogP contribution in [0.15, 0.2) is 22.7 Å². The van der Waals surface area contributed by atoms with E-state index in [0.717, 1.165) is 30.9 Å². The fraction of sp³-hybridized carbons (Fsp3) is 0.467. The van der Waals surface area contributed by atoms with Crippen molar-refractivity contribution in [1.82, 2.24) is 15.5 Å². The molecule has 4 nitrogen and oxygen atoms in total. The predicted octanol–water partition coefficient (Wildman–Crippen LogP) is 2.68. The first-order chi connectivity index (χ1) is 9.04. The van der Waals surface area contributed by atoms with Crippen LogP contribution in [0.4, 0.5) is 0 Å². The molecule has 0 spiro atoms. The molecule has 4 heteroatoms. The lowest BCUT2D eigenvalue weighted by Crippen LogP contribution is -2.23. The van der Waals surface area contributed by atoms with E-state index in [1.807, 2.05) is 0 Å². The zero-order valence-corrected chi connectivity index (χ0v) is 11.7. The number of hydrogen-bond donors (Lipinski definition) is 1. The highest BCUT2D eigenvalue weighted by Gasteiger charge is 2.22. The monoisotopic (exact) mass is 257 g/mol. The molecule has 0 atom stereocenters. The molecular weight excluding hydrogens is 238 g/mol. The summed E-state index contributed by atoms with van der Waals surface area (Å²) in [5, 5.41) is 7.46. The molecule has 1 aromatic heterocycles. The van der Waals surface area contributed by atoms with E-state index in [-0.39, 0.29) is 5.41 Å². The lowest BCUT2D eigenvalue weighted by Gasteiger charge is -2.17. The quantitative estimate of drug-likeness (QED) is 0.853. The number of benzene rings is 1. The van der Waals surface area contributed by atoms with Gasteiger partial charge >= 0.3 is 0 Å². The minimum atomic E-state index is -0.0858. The number of aromatic nitrogens is 2. The Kier molecular flexibility index (Phi) is 2.90. The highest BCUT2D eigenvalue weighted by Crippen LogP contribution is 2.26. The molecule has 1 aliphatic heterocycles. The zero-order valence-electron chi connectivity index (χ0n) is 11.7. The summed E-state index contributed by atoms with van der Waals surface area (Å²) in [5.41, 5.74) is 3.67. The van der Waals surface area contributed by atoms with Crippen LogP contribution in [0.5, 0.6) is 0 Å². The molecule has 1 aromatic carbocycles. The van der Waals surface area contributed by atoms with E-state index in [1.165, 1.54) is 11.1 Å². The Morgan fingerprint density at radius 1 is 1.21 bits per heavy atom. The maximum Gasteiger partial charge on any atom is 0.257 e. The van der Waals surface area contributed by atoms with Crippen LogP contribution in [0, 0.1) is 0 Å². The Hall–Kier alpha value is -1.68. The van der Waals surface area contributed by atoms with Crippen LogP contribution in [0.3, 0.4) is 0 Å². The fourth-order valence-corrected chi connectivity index (χ4v) is 2.26. The summed E-state index contributed by atoms with van der Waals surface area (Å²) in [4.78, 5) is 4.50. The first-order valence-electron chi connectivity index (χ1n) is 6.71. The van der Waals surface area contributed by atoms with E-state index < -0.39 is 0 Å². The van der Waals surface area contributed by atoms with Gasteiger partial charge in [0.1, 0.15) is 0 Å². The molecule has 2 aromatic rings. The summed E-state index contributed by atoms with van der Waals surface area (Å²) < 4.78 is 5.39. The smallest absolute Gasteiger partial charge is 0.257 e. The van der Waals surface area contributed by atoms with Gasteiger partial charge in [-0.2, -0.15) is 4.98 Å². The highest BCUT2D eigenvalue weighted by molar-refractivity contribution is 5.56. The van der Waals surface area contributed by atoms with Crippen molar-refractivity contribution in [2.24, 2.45) is 0 Å². The van der Waals surface area contributed by atoms with E-state index in [9.17, 15) is 0 Å². The molecule has 1 N–H and O–H groups in total. The van der Waals surface area contributed by atoms with E-state index in [1.54, 1.807) is 0 Å². The van der Waals surface area contributed by atoms with Crippen molar-refractivity contribution in [1.29, 1.82) is 0 Å². The Morgan fingerprint density at radius 2 is 2.05 bits per heavy atom. The molecule has 2 heterocycles. The van der Waals surface area contributed by atoms with Crippen LogP contribution < -0.4 is 5.32 Å². The van der Waals surface area contributed by atoms with Crippen molar-refractivity contribution in [3.8, 4) is 11.5 Å². The van der Waals surface area contributed by atoms with Gasteiger partial charge in [-0.1, -0.05) is 32.0 Å². The van der Waals surface area contributed by atoms with E-state index in [4.69, 9.17) is 4.52 Å². The van der Waals surface area contributed by atoms with Crippen molar-refractivity contribution >= 4 is 0 Å². The van der Waals surface area contributed by atoms with Gasteiger partial charge in [-0.05, 0) is 36.2 Å². The lowest BCUT2D eigenvalue weighted by atomic mass is 9.96. The molecule has 19 heavy (non-hydrogen) atoms. The van der Waals surface area contributed by atoms with Gasteiger partial charge in [0.05, 0.1) is 0 Å². The first-order valence-corrected chi connectivity index (χ1v) is 6.71. The molecule has 0 unspecified atom stereocenters. The standard InChI is InChI=1S/C15H19N3O/c1-15(2,3)14-17-13(19-18-14)11-5-4-10-6-7-16-9-12(10)8-11/h4-5,8,16H,6-7,9H2,1-3H3. The third-order valence-electron chi connectivity index (χ3n) is 3.44. The molecule has 0 saturated carbocycles. The van der Waals surface area contributed by atoms with Crippen LogP contribution in [-0.2, 0) is 18.4 Å². The number of hydrogen-bond acceptors (Lipinski definition) is 4. The molecule has 0 saturated heterocycles. The average Bonchev–Trinajstić information content (AvgIpc) is 2.87. The largest absolute Gasteiger partial charge is 0.334 e. The molecule has 1 aliphatic rings. The molecule has 0 aliphatic carbocycles. The topological polar surface area (TPSA) is 51.0 Å². The van der Waals surface area contributed by atoms with Crippen molar-refractivity contribution < 1.29 is 4.52 Å². The fourth-order valence-electron chi connectivity index (χ4n) is 2.26. The average molecular weight is 257 g/mol. The Bertz CT molecular complexity index is 596. The lowest BCUT2D eigenvalue weighted by molar-refractivity contribution is 0.402. The maximum absolute atomic E-state index is 5.39. The summed E-state index contributed by atoms with van der Waals surface area (Å²) in [6.45, 7) is 8.22. The SMILES string of the molecule is CC(C)(C)c1noc(-c2ccc3c(c2)CNCC3)n1. The summed E-state index contributed by atoms with van der Waals surface area (Å²) >= 11 is 0. The second kappa shape index (κ2) is 4.46. The van der Waals surface area contributed by atoms with Gasteiger partial charge in [-0.15, -0.1) is 0 Å². The van der Waals surface area contributed by atoms with Gasteiger partial charge in [0.15, 0.2) is 5.82 Å². The van der Waals surface area contributed by atoms with Crippen molar-refractivity contribution in [3.63, 3.8) is 0 Å². The second-order valence-electron chi connectivity index (χ2n) is 6.08. The van der Waals surface area contributed by atoms with Crippen LogP contribution in [0.2, 0.25) is 0 Å². The third kappa shape index (κ3) is 2.40. The number of nitrogens with one attached hydrogen (secondary N) is 1. The molecule has 100 valence electrons. The van der Waals surface area contributed by atoms with Crippen LogP contribution in [0.1, 0.15) is 37.7 Å². The van der Waals surface area contributed by atoms with Crippen molar-refractivity contribution in [2.75, 3.05) is 6.54 Å². The van der Waals surface area contributed by atoms with E-state index in [2.05, 4.69) is 54.4 Å². The first kappa shape index (κ1) is 12.4. The normalized spacial score (nSPS) is 15.3. The van der Waals surface area contributed by atoms with Crippen LogP contribution in [-0.4, -0.2) is 16.7 Å². The van der Waals surface area contributed by atoms with Crippen LogP contribution >= 0.6 is 0 Å². The van der Waals surface area contributed by atoms with Gasteiger partial charge < -0.3 is 9.84 Å². The highest BCUT2D eigenvalue weighted by atomic mass is 16.5. The maximum atomic E-state index is 5.39. The molecule has 0 fully saturated rings.